The molecule has 0 atom stereocenters. The molecular formula is C12H21N5O2. The van der Waals surface area contributed by atoms with Crippen molar-refractivity contribution in [1.29, 1.82) is 0 Å². The van der Waals surface area contributed by atoms with Crippen LogP contribution in [-0.2, 0) is 4.74 Å². The molecule has 1 heterocycles. The highest BCUT2D eigenvalue weighted by Gasteiger charge is 2.06. The van der Waals surface area contributed by atoms with Crippen LogP contribution >= 0.6 is 0 Å². The minimum atomic E-state index is -0.242. The number of anilines is 1. The van der Waals surface area contributed by atoms with Gasteiger partial charge in [0.15, 0.2) is 0 Å². The van der Waals surface area contributed by atoms with Crippen LogP contribution in [0.3, 0.4) is 0 Å². The first-order chi connectivity index (χ1) is 9.13. The van der Waals surface area contributed by atoms with Gasteiger partial charge in [-0.1, -0.05) is 0 Å². The van der Waals surface area contributed by atoms with E-state index in [1.165, 1.54) is 6.20 Å². The summed E-state index contributed by atoms with van der Waals surface area (Å²) >= 11 is 0. The summed E-state index contributed by atoms with van der Waals surface area (Å²) < 4.78 is 5.37. The number of nitrogens with one attached hydrogen (secondary N) is 2. The quantitative estimate of drug-likeness (QED) is 0.339. The third-order valence-electron chi connectivity index (χ3n) is 2.37. The zero-order valence-electron chi connectivity index (χ0n) is 11.3. The van der Waals surface area contributed by atoms with E-state index in [0.717, 1.165) is 6.54 Å². The first-order valence-corrected chi connectivity index (χ1v) is 6.07. The van der Waals surface area contributed by atoms with Crippen molar-refractivity contribution >= 4 is 11.6 Å². The van der Waals surface area contributed by atoms with E-state index in [1.54, 1.807) is 12.1 Å². The van der Waals surface area contributed by atoms with Gasteiger partial charge in [-0.3, -0.25) is 15.6 Å². The first kappa shape index (κ1) is 15.4. The van der Waals surface area contributed by atoms with E-state index in [1.807, 2.05) is 19.0 Å². The molecule has 7 heteroatoms. The van der Waals surface area contributed by atoms with Gasteiger partial charge in [0.1, 0.15) is 5.69 Å². The van der Waals surface area contributed by atoms with Crippen molar-refractivity contribution in [2.45, 2.75) is 0 Å². The molecule has 0 spiro atoms. The van der Waals surface area contributed by atoms with Crippen LogP contribution in [0.5, 0.6) is 0 Å². The molecule has 0 unspecified atom stereocenters. The number of nitrogens with two attached hydrogens (primary N) is 1. The zero-order valence-corrected chi connectivity index (χ0v) is 11.3. The Bertz CT molecular complexity index is 397. The zero-order chi connectivity index (χ0) is 14.1. The summed E-state index contributed by atoms with van der Waals surface area (Å²) in [5, 5.41) is 2.73. The van der Waals surface area contributed by atoms with Crippen molar-refractivity contribution in [1.82, 2.24) is 15.2 Å². The first-order valence-electron chi connectivity index (χ1n) is 6.07. The highest BCUT2D eigenvalue weighted by atomic mass is 16.5. The van der Waals surface area contributed by atoms with Crippen LogP contribution in [0.25, 0.3) is 0 Å². The Labute approximate surface area is 113 Å². The van der Waals surface area contributed by atoms with Crippen molar-refractivity contribution in [3.63, 3.8) is 0 Å². The van der Waals surface area contributed by atoms with Crippen LogP contribution in [0.15, 0.2) is 18.3 Å². The predicted molar refractivity (Wildman–Crippen MR) is 73.8 cm³/mol. The molecular weight excluding hydrogens is 246 g/mol. The second kappa shape index (κ2) is 8.41. The van der Waals surface area contributed by atoms with Gasteiger partial charge in [-0.25, -0.2) is 0 Å². The largest absolute Gasteiger partial charge is 0.378 e. The van der Waals surface area contributed by atoms with E-state index >= 15 is 0 Å². The molecule has 0 aliphatic heterocycles. The minimum Gasteiger partial charge on any atom is -0.378 e. The maximum Gasteiger partial charge on any atom is 0.270 e. The molecule has 0 aliphatic carbocycles. The second-order valence-electron chi connectivity index (χ2n) is 4.25. The molecule has 0 bridgehead atoms. The van der Waals surface area contributed by atoms with Crippen LogP contribution in [0, 0.1) is 0 Å². The summed E-state index contributed by atoms with van der Waals surface area (Å²) in [5.74, 6) is 5.02. The number of rotatable bonds is 8. The average molecular weight is 267 g/mol. The Morgan fingerprint density at radius 3 is 2.95 bits per heavy atom. The number of aromatic nitrogens is 1. The number of pyridine rings is 1. The molecule has 1 rings (SSSR count). The van der Waals surface area contributed by atoms with Crippen LogP contribution in [-0.4, -0.2) is 56.2 Å². The standard InChI is InChI=1S/C12H21N5O2/c1-17(2)6-8-19-7-5-15-12(18)11-9-10(16-13)3-4-14-11/h3-4,9H,5-8,13H2,1-2H3,(H,14,16)(H,15,18). The Balaban J connectivity index is 2.23. The lowest BCUT2D eigenvalue weighted by atomic mass is 10.3. The molecule has 0 aromatic carbocycles. The third-order valence-corrected chi connectivity index (χ3v) is 2.37. The summed E-state index contributed by atoms with van der Waals surface area (Å²) in [6.45, 7) is 2.44. The van der Waals surface area contributed by atoms with Crippen LogP contribution in [0.1, 0.15) is 10.5 Å². The Kier molecular flexibility index (Phi) is 6.80. The molecule has 0 saturated heterocycles. The van der Waals surface area contributed by atoms with E-state index in [9.17, 15) is 4.79 Å². The van der Waals surface area contributed by atoms with Gasteiger partial charge in [0, 0.05) is 19.3 Å². The molecule has 1 amide bonds. The van der Waals surface area contributed by atoms with Gasteiger partial charge in [0.05, 0.1) is 18.9 Å². The molecule has 0 fully saturated rings. The second-order valence-corrected chi connectivity index (χ2v) is 4.25. The fourth-order valence-electron chi connectivity index (χ4n) is 1.32. The Morgan fingerprint density at radius 2 is 2.26 bits per heavy atom. The number of hydrogen-bond donors (Lipinski definition) is 3. The summed E-state index contributed by atoms with van der Waals surface area (Å²) in [4.78, 5) is 17.8. The lowest BCUT2D eigenvalue weighted by molar-refractivity contribution is 0.0896. The Morgan fingerprint density at radius 1 is 1.47 bits per heavy atom. The van der Waals surface area contributed by atoms with E-state index in [2.05, 4.69) is 15.7 Å². The van der Waals surface area contributed by atoms with Gasteiger partial charge in [-0.15, -0.1) is 0 Å². The maximum absolute atomic E-state index is 11.7. The highest BCUT2D eigenvalue weighted by Crippen LogP contribution is 2.05. The van der Waals surface area contributed by atoms with E-state index < -0.39 is 0 Å². The molecule has 0 saturated carbocycles. The number of amides is 1. The molecule has 0 aliphatic rings. The van der Waals surface area contributed by atoms with Gasteiger partial charge in [0.2, 0.25) is 0 Å². The number of likely N-dealkylation sites (N-methyl/N-ethyl adjacent to an activating group) is 1. The molecule has 7 nitrogen and oxygen atoms in total. The molecule has 1 aromatic rings. The lowest BCUT2D eigenvalue weighted by Crippen LogP contribution is -2.29. The summed E-state index contributed by atoms with van der Waals surface area (Å²) in [5.41, 5.74) is 3.43. The van der Waals surface area contributed by atoms with E-state index in [0.29, 0.717) is 31.1 Å². The van der Waals surface area contributed by atoms with Crippen molar-refractivity contribution in [2.24, 2.45) is 5.84 Å². The van der Waals surface area contributed by atoms with Crippen molar-refractivity contribution < 1.29 is 9.53 Å². The monoisotopic (exact) mass is 267 g/mol. The number of hydrazine groups is 1. The highest BCUT2D eigenvalue weighted by molar-refractivity contribution is 5.93. The summed E-state index contributed by atoms with van der Waals surface area (Å²) in [6, 6.07) is 3.27. The number of hydrogen-bond acceptors (Lipinski definition) is 6. The van der Waals surface area contributed by atoms with Crippen molar-refractivity contribution in [2.75, 3.05) is 45.8 Å². The van der Waals surface area contributed by atoms with Crippen LogP contribution in [0.4, 0.5) is 5.69 Å². The molecule has 1 aromatic heterocycles. The van der Waals surface area contributed by atoms with E-state index in [4.69, 9.17) is 10.6 Å². The number of nitrogen functional groups attached to an aromatic ring is 1. The smallest absolute Gasteiger partial charge is 0.270 e. The molecule has 19 heavy (non-hydrogen) atoms. The average Bonchev–Trinajstić information content (AvgIpc) is 2.42. The third kappa shape index (κ3) is 6.14. The molecule has 0 radical (unpaired) electrons. The fourth-order valence-corrected chi connectivity index (χ4v) is 1.32. The lowest BCUT2D eigenvalue weighted by Gasteiger charge is -2.10. The Hall–Kier alpha value is -1.70. The summed E-state index contributed by atoms with van der Waals surface area (Å²) in [6.07, 6.45) is 1.53. The van der Waals surface area contributed by atoms with Gasteiger partial charge < -0.3 is 20.4 Å². The minimum absolute atomic E-state index is 0.242. The van der Waals surface area contributed by atoms with Crippen molar-refractivity contribution in [3.8, 4) is 0 Å². The maximum atomic E-state index is 11.7. The van der Waals surface area contributed by atoms with E-state index in [-0.39, 0.29) is 5.91 Å². The number of nitrogens with zero attached hydrogens (tertiary/aromatic N) is 2. The van der Waals surface area contributed by atoms with Gasteiger partial charge >= 0.3 is 0 Å². The van der Waals surface area contributed by atoms with Gasteiger partial charge in [0.25, 0.3) is 5.91 Å². The SMILES string of the molecule is CN(C)CCOCCNC(=O)c1cc(NN)ccn1. The number of carbonyl (C=O) groups is 1. The summed E-state index contributed by atoms with van der Waals surface area (Å²) in [7, 11) is 3.96. The van der Waals surface area contributed by atoms with Crippen molar-refractivity contribution in [3.05, 3.63) is 24.0 Å². The van der Waals surface area contributed by atoms with Gasteiger partial charge in [-0.05, 0) is 26.2 Å². The predicted octanol–water partition coefficient (Wildman–Crippen LogP) is -0.325. The normalized spacial score (nSPS) is 10.5. The molecule has 106 valence electrons. The topological polar surface area (TPSA) is 92.5 Å². The molecule has 4 N–H and O–H groups in total. The fraction of sp³-hybridized carbons (Fsp3) is 0.500. The van der Waals surface area contributed by atoms with Gasteiger partial charge in [-0.2, -0.15) is 0 Å². The number of carbonyl (C=O) groups excluding carboxylic acids is 1. The van der Waals surface area contributed by atoms with Crippen LogP contribution in [0.2, 0.25) is 0 Å². The number of ether oxygens (including phenoxy) is 1. The van der Waals surface area contributed by atoms with Crippen LogP contribution < -0.4 is 16.6 Å².